The van der Waals surface area contributed by atoms with Crippen molar-refractivity contribution < 1.29 is 27.4 Å². The lowest BCUT2D eigenvalue weighted by molar-refractivity contribution is -0.128. The van der Waals surface area contributed by atoms with Crippen molar-refractivity contribution in [2.75, 3.05) is 6.61 Å². The maximum Gasteiger partial charge on any atom is 0.509 e. The van der Waals surface area contributed by atoms with Gasteiger partial charge in [0, 0.05) is 0 Å². The highest BCUT2D eigenvalue weighted by Gasteiger charge is 2.28. The smallest absolute Gasteiger partial charge is 0.430 e. The van der Waals surface area contributed by atoms with E-state index in [-0.39, 0.29) is 5.57 Å². The Kier molecular flexibility index (Phi) is 4.83. The minimum absolute atomic E-state index is 0.224. The van der Waals surface area contributed by atoms with Crippen molar-refractivity contribution >= 4 is 6.16 Å². The fourth-order valence-corrected chi connectivity index (χ4v) is 0.775. The van der Waals surface area contributed by atoms with Crippen LogP contribution in [-0.2, 0) is 9.47 Å². The second-order valence-electron chi connectivity index (χ2n) is 4.30. The lowest BCUT2D eigenvalue weighted by Crippen LogP contribution is -2.25. The van der Waals surface area contributed by atoms with Crippen LogP contribution in [0.4, 0.5) is 18.0 Å². The van der Waals surface area contributed by atoms with E-state index in [1.165, 1.54) is 0 Å². The molecule has 16 heavy (non-hydrogen) atoms. The van der Waals surface area contributed by atoms with E-state index in [0.717, 1.165) is 0 Å². The van der Waals surface area contributed by atoms with Crippen molar-refractivity contribution in [3.05, 3.63) is 12.2 Å². The standard InChI is InChI=1S/C10H15F3O3/c1-7(5-10(11,12)13)6-15-8(14)16-9(2,3)4/h1,5-6H2,2-4H3. The minimum atomic E-state index is -4.34. The average molecular weight is 240 g/mol. The number of rotatable bonds is 3. The zero-order chi connectivity index (χ0) is 13.0. The van der Waals surface area contributed by atoms with Gasteiger partial charge in [-0.15, -0.1) is 0 Å². The summed E-state index contributed by atoms with van der Waals surface area (Å²) in [7, 11) is 0. The molecule has 0 aromatic rings. The molecule has 0 atom stereocenters. The molecule has 0 bridgehead atoms. The van der Waals surface area contributed by atoms with Gasteiger partial charge >= 0.3 is 12.3 Å². The third-order valence-corrected chi connectivity index (χ3v) is 1.23. The Morgan fingerprint density at radius 3 is 2.12 bits per heavy atom. The van der Waals surface area contributed by atoms with Crippen LogP contribution in [0, 0.1) is 0 Å². The highest BCUT2D eigenvalue weighted by molar-refractivity contribution is 5.60. The summed E-state index contributed by atoms with van der Waals surface area (Å²) in [4.78, 5) is 11.0. The molecule has 6 heteroatoms. The summed E-state index contributed by atoms with van der Waals surface area (Å²) >= 11 is 0. The van der Waals surface area contributed by atoms with Crippen molar-refractivity contribution in [2.24, 2.45) is 0 Å². The minimum Gasteiger partial charge on any atom is -0.430 e. The first-order chi connectivity index (χ1) is 6.99. The largest absolute Gasteiger partial charge is 0.509 e. The number of alkyl halides is 3. The Hall–Kier alpha value is -1.20. The van der Waals surface area contributed by atoms with Crippen LogP contribution < -0.4 is 0 Å². The molecular formula is C10H15F3O3. The monoisotopic (exact) mass is 240 g/mol. The van der Waals surface area contributed by atoms with Gasteiger partial charge in [-0.3, -0.25) is 0 Å². The van der Waals surface area contributed by atoms with Crippen LogP contribution in [0.15, 0.2) is 12.2 Å². The number of halogens is 3. The van der Waals surface area contributed by atoms with Crippen LogP contribution in [-0.4, -0.2) is 24.5 Å². The molecule has 0 fully saturated rings. The molecule has 0 aliphatic carbocycles. The highest BCUT2D eigenvalue weighted by atomic mass is 19.4. The van der Waals surface area contributed by atoms with E-state index in [9.17, 15) is 18.0 Å². The van der Waals surface area contributed by atoms with Gasteiger partial charge in [0.1, 0.15) is 12.2 Å². The Labute approximate surface area is 92.2 Å². The lowest BCUT2D eigenvalue weighted by atomic mass is 10.2. The molecule has 94 valence electrons. The second kappa shape index (κ2) is 5.23. The van der Waals surface area contributed by atoms with Crippen molar-refractivity contribution in [3.8, 4) is 0 Å². The van der Waals surface area contributed by atoms with Gasteiger partial charge in [-0.1, -0.05) is 6.58 Å². The predicted molar refractivity (Wildman–Crippen MR) is 52.0 cm³/mol. The number of carbonyl (C=O) groups is 1. The van der Waals surface area contributed by atoms with Crippen LogP contribution in [0.1, 0.15) is 27.2 Å². The van der Waals surface area contributed by atoms with Gasteiger partial charge in [0.05, 0.1) is 6.42 Å². The molecule has 0 aromatic carbocycles. The van der Waals surface area contributed by atoms with Crippen molar-refractivity contribution in [2.45, 2.75) is 39.0 Å². The number of ether oxygens (including phenoxy) is 2. The summed E-state index contributed by atoms with van der Waals surface area (Å²) in [5, 5.41) is 0. The molecule has 0 aliphatic heterocycles. The Morgan fingerprint density at radius 1 is 1.25 bits per heavy atom. The van der Waals surface area contributed by atoms with Crippen molar-refractivity contribution in [1.29, 1.82) is 0 Å². The van der Waals surface area contributed by atoms with Crippen LogP contribution >= 0.6 is 0 Å². The molecule has 0 spiro atoms. The predicted octanol–water partition coefficient (Wildman–Crippen LogP) is 3.45. The molecule has 0 unspecified atom stereocenters. The van der Waals surface area contributed by atoms with Crippen LogP contribution in [0.2, 0.25) is 0 Å². The molecule has 0 aliphatic rings. The number of hydrogen-bond acceptors (Lipinski definition) is 3. The summed E-state index contributed by atoms with van der Waals surface area (Å²) < 4.78 is 44.8. The van der Waals surface area contributed by atoms with Crippen molar-refractivity contribution in [3.63, 3.8) is 0 Å². The first kappa shape index (κ1) is 14.8. The molecule has 0 saturated heterocycles. The Bertz CT molecular complexity index is 235. The fraction of sp³-hybridized carbons (Fsp3) is 0.700. The van der Waals surface area contributed by atoms with Gasteiger partial charge in [0.15, 0.2) is 0 Å². The quantitative estimate of drug-likeness (QED) is 0.560. The fourth-order valence-electron chi connectivity index (χ4n) is 0.775. The lowest BCUT2D eigenvalue weighted by Gasteiger charge is -2.19. The molecule has 0 N–H and O–H groups in total. The Morgan fingerprint density at radius 2 is 1.75 bits per heavy atom. The topological polar surface area (TPSA) is 35.5 Å². The average Bonchev–Trinajstić information content (AvgIpc) is 1.94. The summed E-state index contributed by atoms with van der Waals surface area (Å²) in [6.07, 6.45) is -6.51. The molecule has 0 radical (unpaired) electrons. The zero-order valence-corrected chi connectivity index (χ0v) is 9.48. The van der Waals surface area contributed by atoms with E-state index in [2.05, 4.69) is 11.3 Å². The van der Waals surface area contributed by atoms with Gasteiger partial charge in [-0.05, 0) is 26.3 Å². The van der Waals surface area contributed by atoms with E-state index >= 15 is 0 Å². The molecule has 0 aromatic heterocycles. The van der Waals surface area contributed by atoms with Gasteiger partial charge in [-0.2, -0.15) is 13.2 Å². The number of carbonyl (C=O) groups excluding carboxylic acids is 1. The van der Waals surface area contributed by atoms with E-state index in [0.29, 0.717) is 0 Å². The maximum atomic E-state index is 11.9. The van der Waals surface area contributed by atoms with E-state index in [1.54, 1.807) is 20.8 Å². The summed E-state index contributed by atoms with van der Waals surface area (Å²) in [6.45, 7) is 7.54. The van der Waals surface area contributed by atoms with Crippen molar-refractivity contribution in [1.82, 2.24) is 0 Å². The zero-order valence-electron chi connectivity index (χ0n) is 9.48. The molecule has 3 nitrogen and oxygen atoms in total. The summed E-state index contributed by atoms with van der Waals surface area (Å²) in [6, 6.07) is 0. The SMILES string of the molecule is C=C(COC(=O)OC(C)(C)C)CC(F)(F)F. The van der Waals surface area contributed by atoms with Gasteiger partial charge in [0.25, 0.3) is 0 Å². The van der Waals surface area contributed by atoms with E-state index in [4.69, 9.17) is 4.74 Å². The van der Waals surface area contributed by atoms with Gasteiger partial charge in [0.2, 0.25) is 0 Å². The number of hydrogen-bond donors (Lipinski definition) is 0. The van der Waals surface area contributed by atoms with Gasteiger partial charge < -0.3 is 9.47 Å². The third kappa shape index (κ3) is 9.36. The molecule has 0 saturated carbocycles. The normalized spacial score (nSPS) is 12.1. The highest BCUT2D eigenvalue weighted by Crippen LogP contribution is 2.23. The van der Waals surface area contributed by atoms with Crippen LogP contribution in [0.3, 0.4) is 0 Å². The summed E-state index contributed by atoms with van der Waals surface area (Å²) in [5.41, 5.74) is -0.957. The molecular weight excluding hydrogens is 225 g/mol. The molecule has 0 amide bonds. The van der Waals surface area contributed by atoms with Crippen LogP contribution in [0.25, 0.3) is 0 Å². The first-order valence-corrected chi connectivity index (χ1v) is 4.59. The third-order valence-electron chi connectivity index (χ3n) is 1.23. The molecule has 0 heterocycles. The first-order valence-electron chi connectivity index (χ1n) is 4.59. The van der Waals surface area contributed by atoms with Gasteiger partial charge in [-0.25, -0.2) is 4.79 Å². The maximum absolute atomic E-state index is 11.9. The van der Waals surface area contributed by atoms with E-state index < -0.39 is 31.0 Å². The second-order valence-corrected chi connectivity index (χ2v) is 4.30. The Balaban J connectivity index is 3.90. The molecule has 0 rings (SSSR count). The summed E-state index contributed by atoms with van der Waals surface area (Å²) in [5.74, 6) is 0. The van der Waals surface area contributed by atoms with Crippen LogP contribution in [0.5, 0.6) is 0 Å². The van der Waals surface area contributed by atoms with E-state index in [1.807, 2.05) is 0 Å².